The lowest BCUT2D eigenvalue weighted by molar-refractivity contribution is 0.102. The zero-order chi connectivity index (χ0) is 17.8. The molecule has 126 valence electrons. The van der Waals surface area contributed by atoms with Crippen LogP contribution in [0.1, 0.15) is 15.9 Å². The summed E-state index contributed by atoms with van der Waals surface area (Å²) in [6, 6.07) is 14.1. The average Bonchev–Trinajstić information content (AvgIpc) is 2.60. The molecule has 0 aliphatic heterocycles. The lowest BCUT2D eigenvalue weighted by Crippen LogP contribution is -2.23. The third kappa shape index (κ3) is 3.98. The molecule has 2 aromatic carbocycles. The van der Waals surface area contributed by atoms with Gasteiger partial charge in [0.2, 0.25) is 0 Å². The molecule has 4 nitrogen and oxygen atoms in total. The first-order chi connectivity index (χ1) is 12.0. The van der Waals surface area contributed by atoms with Gasteiger partial charge in [-0.15, -0.1) is 0 Å². The highest BCUT2D eigenvalue weighted by atomic mass is 19.1. The Morgan fingerprint density at radius 2 is 1.68 bits per heavy atom. The van der Waals surface area contributed by atoms with Gasteiger partial charge in [-0.25, -0.2) is 8.78 Å². The third-order valence-corrected chi connectivity index (χ3v) is 3.65. The second-order valence-electron chi connectivity index (χ2n) is 5.44. The van der Waals surface area contributed by atoms with Crippen LogP contribution >= 0.6 is 0 Å². The van der Waals surface area contributed by atoms with Crippen LogP contribution in [0.4, 0.5) is 14.5 Å². The topological polar surface area (TPSA) is 51.1 Å². The Kier molecular flexibility index (Phi) is 4.70. The van der Waals surface area contributed by atoms with E-state index in [4.69, 9.17) is 0 Å². The molecule has 6 heteroatoms. The highest BCUT2D eigenvalue weighted by Crippen LogP contribution is 2.11. The maximum Gasteiger partial charge on any atom is 0.257 e. The molecule has 3 rings (SSSR count). The van der Waals surface area contributed by atoms with Crippen LogP contribution in [0.5, 0.6) is 0 Å². The minimum Gasteiger partial charge on any atom is -0.322 e. The number of rotatable bonds is 4. The van der Waals surface area contributed by atoms with Gasteiger partial charge in [0.25, 0.3) is 11.5 Å². The van der Waals surface area contributed by atoms with E-state index in [2.05, 4.69) is 5.32 Å². The van der Waals surface area contributed by atoms with Gasteiger partial charge >= 0.3 is 0 Å². The Labute approximate surface area is 142 Å². The van der Waals surface area contributed by atoms with E-state index in [0.29, 0.717) is 11.3 Å². The van der Waals surface area contributed by atoms with Gasteiger partial charge in [-0.3, -0.25) is 9.59 Å². The monoisotopic (exact) mass is 340 g/mol. The molecule has 0 fully saturated rings. The van der Waals surface area contributed by atoms with Gasteiger partial charge in [-0.2, -0.15) is 0 Å². The molecule has 0 bridgehead atoms. The number of aromatic nitrogens is 1. The molecule has 0 unspecified atom stereocenters. The summed E-state index contributed by atoms with van der Waals surface area (Å²) in [6.07, 6.45) is 1.37. The molecular formula is C19H14F2N2O2. The number of hydrogen-bond donors (Lipinski definition) is 1. The summed E-state index contributed by atoms with van der Waals surface area (Å²) < 4.78 is 27.9. The van der Waals surface area contributed by atoms with Crippen molar-refractivity contribution in [1.82, 2.24) is 4.57 Å². The summed E-state index contributed by atoms with van der Waals surface area (Å²) in [5.41, 5.74) is 0.667. The van der Waals surface area contributed by atoms with Crippen LogP contribution in [-0.4, -0.2) is 10.5 Å². The molecule has 0 aliphatic rings. The normalized spacial score (nSPS) is 10.5. The van der Waals surface area contributed by atoms with Crippen LogP contribution in [0.25, 0.3) is 0 Å². The van der Waals surface area contributed by atoms with E-state index >= 15 is 0 Å². The number of nitrogens with zero attached hydrogens (tertiary/aromatic N) is 1. The first-order valence-corrected chi connectivity index (χ1v) is 7.54. The molecule has 0 radical (unpaired) electrons. The van der Waals surface area contributed by atoms with Gasteiger partial charge in [0, 0.05) is 23.5 Å². The van der Waals surface area contributed by atoms with Crippen molar-refractivity contribution in [2.75, 3.05) is 5.32 Å². The second-order valence-corrected chi connectivity index (χ2v) is 5.44. The van der Waals surface area contributed by atoms with E-state index in [1.54, 1.807) is 18.2 Å². The maximum atomic E-state index is 13.8. The van der Waals surface area contributed by atoms with Crippen LogP contribution in [-0.2, 0) is 6.54 Å². The number of amides is 1. The van der Waals surface area contributed by atoms with E-state index < -0.39 is 17.5 Å². The fraction of sp³-hybridized carbons (Fsp3) is 0.0526. The molecular weight excluding hydrogens is 326 g/mol. The minimum absolute atomic E-state index is 0.0170. The molecule has 25 heavy (non-hydrogen) atoms. The number of benzene rings is 2. The van der Waals surface area contributed by atoms with E-state index in [0.717, 1.165) is 0 Å². The zero-order valence-corrected chi connectivity index (χ0v) is 13.1. The van der Waals surface area contributed by atoms with E-state index in [9.17, 15) is 18.4 Å². The molecule has 0 spiro atoms. The standard InChI is InChI=1S/C19H14F2N2O2/c20-15-6-8-16(9-7-15)22-19(25)14-5-10-18(24)23(12-14)11-13-3-1-2-4-17(13)21/h1-10,12H,11H2,(H,22,25). The lowest BCUT2D eigenvalue weighted by Gasteiger charge is -2.10. The molecule has 1 N–H and O–H groups in total. The van der Waals surface area contributed by atoms with E-state index in [1.165, 1.54) is 53.2 Å². The number of nitrogens with one attached hydrogen (secondary N) is 1. The van der Waals surface area contributed by atoms with Crippen molar-refractivity contribution in [3.05, 3.63) is 100.0 Å². The van der Waals surface area contributed by atoms with Crippen molar-refractivity contribution < 1.29 is 13.6 Å². The molecule has 1 aromatic heterocycles. The number of carbonyl (C=O) groups excluding carboxylic acids is 1. The molecule has 0 atom stereocenters. The van der Waals surface area contributed by atoms with Gasteiger partial charge < -0.3 is 9.88 Å². The van der Waals surface area contributed by atoms with Gasteiger partial charge in [-0.05, 0) is 36.4 Å². The quantitative estimate of drug-likeness (QED) is 0.791. The van der Waals surface area contributed by atoms with Crippen LogP contribution in [0.3, 0.4) is 0 Å². The van der Waals surface area contributed by atoms with Gasteiger partial charge in [-0.1, -0.05) is 18.2 Å². The summed E-state index contributed by atoms with van der Waals surface area (Å²) in [6.45, 7) is 0.0170. The van der Waals surface area contributed by atoms with Crippen molar-refractivity contribution in [1.29, 1.82) is 0 Å². The Bertz CT molecular complexity index is 966. The first-order valence-electron chi connectivity index (χ1n) is 7.54. The predicted octanol–water partition coefficient (Wildman–Crippen LogP) is 3.43. The SMILES string of the molecule is O=C(Nc1ccc(F)cc1)c1ccc(=O)n(Cc2ccccc2F)c1. The maximum absolute atomic E-state index is 13.8. The number of halogens is 2. The third-order valence-electron chi connectivity index (χ3n) is 3.65. The van der Waals surface area contributed by atoms with Crippen LogP contribution in [0.2, 0.25) is 0 Å². The van der Waals surface area contributed by atoms with Crippen molar-refractivity contribution in [3.63, 3.8) is 0 Å². The fourth-order valence-electron chi connectivity index (χ4n) is 2.34. The first kappa shape index (κ1) is 16.6. The number of anilines is 1. The fourth-order valence-corrected chi connectivity index (χ4v) is 2.34. The van der Waals surface area contributed by atoms with E-state index in [-0.39, 0.29) is 17.7 Å². The highest BCUT2D eigenvalue weighted by molar-refractivity contribution is 6.04. The van der Waals surface area contributed by atoms with Crippen molar-refractivity contribution in [2.24, 2.45) is 0 Å². The number of hydrogen-bond acceptors (Lipinski definition) is 2. The Morgan fingerprint density at radius 3 is 2.40 bits per heavy atom. The van der Waals surface area contributed by atoms with Crippen molar-refractivity contribution in [2.45, 2.75) is 6.54 Å². The van der Waals surface area contributed by atoms with Gasteiger partial charge in [0.1, 0.15) is 11.6 Å². The Morgan fingerprint density at radius 1 is 0.960 bits per heavy atom. The van der Waals surface area contributed by atoms with E-state index in [1.807, 2.05) is 0 Å². The van der Waals surface area contributed by atoms with Gasteiger partial charge in [0.05, 0.1) is 12.1 Å². The molecule has 0 aliphatic carbocycles. The predicted molar refractivity (Wildman–Crippen MR) is 90.6 cm³/mol. The number of pyridine rings is 1. The minimum atomic E-state index is -0.450. The number of carbonyl (C=O) groups is 1. The molecule has 1 amide bonds. The second kappa shape index (κ2) is 7.09. The zero-order valence-electron chi connectivity index (χ0n) is 13.1. The molecule has 1 heterocycles. The average molecular weight is 340 g/mol. The summed E-state index contributed by atoms with van der Waals surface area (Å²) in [7, 11) is 0. The van der Waals surface area contributed by atoms with Crippen molar-refractivity contribution >= 4 is 11.6 Å². The van der Waals surface area contributed by atoms with Crippen LogP contribution in [0, 0.1) is 11.6 Å². The Balaban J connectivity index is 1.83. The summed E-state index contributed by atoms with van der Waals surface area (Å²) >= 11 is 0. The van der Waals surface area contributed by atoms with Gasteiger partial charge in [0.15, 0.2) is 0 Å². The van der Waals surface area contributed by atoms with Crippen LogP contribution in [0.15, 0.2) is 71.7 Å². The largest absolute Gasteiger partial charge is 0.322 e. The Hall–Kier alpha value is -3.28. The molecule has 3 aromatic rings. The van der Waals surface area contributed by atoms with Crippen LogP contribution < -0.4 is 10.9 Å². The molecule has 0 saturated heterocycles. The lowest BCUT2D eigenvalue weighted by atomic mass is 10.2. The summed E-state index contributed by atoms with van der Waals surface area (Å²) in [5.74, 6) is -1.28. The van der Waals surface area contributed by atoms with Crippen molar-refractivity contribution in [3.8, 4) is 0 Å². The summed E-state index contributed by atoms with van der Waals surface area (Å²) in [5, 5.41) is 2.61. The molecule has 0 saturated carbocycles. The smallest absolute Gasteiger partial charge is 0.257 e. The summed E-state index contributed by atoms with van der Waals surface area (Å²) in [4.78, 5) is 24.3. The highest BCUT2D eigenvalue weighted by Gasteiger charge is 2.10.